The van der Waals surface area contributed by atoms with Gasteiger partial charge in [-0.2, -0.15) is 4.31 Å². The van der Waals surface area contributed by atoms with Crippen LogP contribution in [0.5, 0.6) is 0 Å². The fourth-order valence-corrected chi connectivity index (χ4v) is 5.42. The minimum absolute atomic E-state index is 0. The molecular weight excluding hydrogens is 400 g/mol. The number of halogens is 3. The van der Waals surface area contributed by atoms with E-state index < -0.39 is 26.6 Å². The molecule has 10 heteroatoms. The minimum atomic E-state index is -4.28. The van der Waals surface area contributed by atoms with Gasteiger partial charge in [0, 0.05) is 32.1 Å². The molecule has 27 heavy (non-hydrogen) atoms. The van der Waals surface area contributed by atoms with Crippen LogP contribution < -0.4 is 5.73 Å². The highest BCUT2D eigenvalue weighted by molar-refractivity contribution is 7.89. The number of hydrogen-bond acceptors (Lipinski definition) is 4. The van der Waals surface area contributed by atoms with Crippen LogP contribution in [0.4, 0.5) is 8.78 Å². The monoisotopic (exact) mass is 423 g/mol. The fraction of sp³-hybridized carbons (Fsp3) is 0.588. The summed E-state index contributed by atoms with van der Waals surface area (Å²) in [5.41, 5.74) is 5.73. The van der Waals surface area contributed by atoms with E-state index in [1.165, 1.54) is 0 Å². The molecule has 1 heterocycles. The van der Waals surface area contributed by atoms with E-state index in [9.17, 15) is 22.0 Å². The first kappa shape index (κ1) is 22.0. The second kappa shape index (κ2) is 8.81. The molecule has 1 aromatic carbocycles. The third-order valence-corrected chi connectivity index (χ3v) is 7.30. The first-order valence-electron chi connectivity index (χ1n) is 8.79. The third-order valence-electron chi connectivity index (χ3n) is 5.35. The maximum absolute atomic E-state index is 13.9. The number of sulfonamides is 1. The molecule has 3 rings (SSSR count). The number of piperazine rings is 1. The highest BCUT2D eigenvalue weighted by Gasteiger charge is 2.38. The average molecular weight is 424 g/mol. The van der Waals surface area contributed by atoms with Gasteiger partial charge in [-0.3, -0.25) is 4.79 Å². The lowest BCUT2D eigenvalue weighted by Gasteiger charge is -2.36. The molecule has 1 saturated carbocycles. The molecule has 0 spiro atoms. The van der Waals surface area contributed by atoms with Crippen molar-refractivity contribution in [2.24, 2.45) is 17.6 Å². The Morgan fingerprint density at radius 2 is 1.70 bits per heavy atom. The van der Waals surface area contributed by atoms with E-state index in [-0.39, 0.29) is 56.3 Å². The zero-order chi connectivity index (χ0) is 18.9. The highest BCUT2D eigenvalue weighted by atomic mass is 35.5. The molecule has 1 aliphatic carbocycles. The van der Waals surface area contributed by atoms with Gasteiger partial charge in [0.1, 0.15) is 11.6 Å². The van der Waals surface area contributed by atoms with E-state index >= 15 is 0 Å². The van der Waals surface area contributed by atoms with Crippen molar-refractivity contribution in [3.8, 4) is 0 Å². The quantitative estimate of drug-likeness (QED) is 0.797. The lowest BCUT2D eigenvalue weighted by atomic mass is 9.94. The van der Waals surface area contributed by atoms with Gasteiger partial charge >= 0.3 is 0 Å². The summed E-state index contributed by atoms with van der Waals surface area (Å²) in [6, 6.07) is 2.96. The van der Waals surface area contributed by atoms with Gasteiger partial charge in [-0.15, -0.1) is 12.4 Å². The number of carbonyl (C=O) groups excluding carboxylic acids is 1. The van der Waals surface area contributed by atoms with E-state index in [2.05, 4.69) is 0 Å². The van der Waals surface area contributed by atoms with Gasteiger partial charge in [-0.1, -0.05) is 12.5 Å². The molecule has 0 radical (unpaired) electrons. The first-order chi connectivity index (χ1) is 12.4. The third kappa shape index (κ3) is 4.26. The molecule has 0 aromatic heterocycles. The van der Waals surface area contributed by atoms with Crippen molar-refractivity contribution in [1.82, 2.24) is 9.21 Å². The van der Waals surface area contributed by atoms with Crippen LogP contribution in [0.15, 0.2) is 23.1 Å². The summed E-state index contributed by atoms with van der Waals surface area (Å²) >= 11 is 0. The van der Waals surface area contributed by atoms with Crippen molar-refractivity contribution in [3.63, 3.8) is 0 Å². The van der Waals surface area contributed by atoms with Crippen molar-refractivity contribution in [3.05, 3.63) is 29.8 Å². The summed E-state index contributed by atoms with van der Waals surface area (Å²) in [6.07, 6.45) is 2.71. The number of nitrogens with two attached hydrogens (primary N) is 1. The van der Waals surface area contributed by atoms with Gasteiger partial charge in [0.25, 0.3) is 0 Å². The number of carbonyl (C=O) groups is 1. The maximum Gasteiger partial charge on any atom is 0.249 e. The van der Waals surface area contributed by atoms with Gasteiger partial charge in [-0.05, 0) is 37.4 Å². The van der Waals surface area contributed by atoms with Gasteiger partial charge in [0.2, 0.25) is 15.9 Å². The lowest BCUT2D eigenvalue weighted by Crippen LogP contribution is -2.52. The highest BCUT2D eigenvalue weighted by Crippen LogP contribution is 2.33. The van der Waals surface area contributed by atoms with Crippen LogP contribution in [-0.4, -0.2) is 56.3 Å². The summed E-state index contributed by atoms with van der Waals surface area (Å²) < 4.78 is 53.9. The Hall–Kier alpha value is -1.29. The number of hydrogen-bond donors (Lipinski definition) is 1. The SMILES string of the molecule is Cl.NC[C@H]1CCC[C@H]1C(=O)N1CCN(S(=O)(=O)c2c(F)cccc2F)CC1. The van der Waals surface area contributed by atoms with Gasteiger partial charge in [0.05, 0.1) is 0 Å². The van der Waals surface area contributed by atoms with E-state index in [4.69, 9.17) is 5.73 Å². The standard InChI is InChI=1S/C17H23F2N3O3S.ClH/c18-14-5-2-6-15(19)16(14)26(24,25)22-9-7-21(8-10-22)17(23)13-4-1-3-12(13)11-20;/h2,5-6,12-13H,1,3-4,7-11,20H2;1H/t12-,13-;/m1./s1. The summed E-state index contributed by atoms with van der Waals surface area (Å²) in [7, 11) is -4.28. The van der Waals surface area contributed by atoms with Crippen molar-refractivity contribution in [1.29, 1.82) is 0 Å². The van der Waals surface area contributed by atoms with Crippen molar-refractivity contribution < 1.29 is 22.0 Å². The normalized spacial score (nSPS) is 23.9. The molecule has 0 bridgehead atoms. The van der Waals surface area contributed by atoms with Crippen LogP contribution in [0.25, 0.3) is 0 Å². The molecule has 2 N–H and O–H groups in total. The lowest BCUT2D eigenvalue weighted by molar-refractivity contribution is -0.137. The molecule has 1 aliphatic heterocycles. The number of amides is 1. The predicted molar refractivity (Wildman–Crippen MR) is 98.8 cm³/mol. The van der Waals surface area contributed by atoms with Crippen LogP contribution in [0.2, 0.25) is 0 Å². The molecule has 1 saturated heterocycles. The number of nitrogens with zero attached hydrogens (tertiary/aromatic N) is 2. The van der Waals surface area contributed by atoms with Crippen molar-refractivity contribution in [2.75, 3.05) is 32.7 Å². The molecular formula is C17H24ClF2N3O3S. The summed E-state index contributed by atoms with van der Waals surface area (Å²) in [4.78, 5) is 13.4. The van der Waals surface area contributed by atoms with E-state index in [1.807, 2.05) is 0 Å². The summed E-state index contributed by atoms with van der Waals surface area (Å²) in [6.45, 7) is 0.922. The number of rotatable bonds is 4. The Labute approximate surface area is 164 Å². The van der Waals surface area contributed by atoms with E-state index in [0.29, 0.717) is 6.54 Å². The van der Waals surface area contributed by atoms with Crippen molar-refractivity contribution >= 4 is 28.3 Å². The molecule has 0 unspecified atom stereocenters. The molecule has 2 aliphatic rings. The largest absolute Gasteiger partial charge is 0.340 e. The molecule has 2 fully saturated rings. The van der Waals surface area contributed by atoms with Gasteiger partial charge < -0.3 is 10.6 Å². The zero-order valence-electron chi connectivity index (χ0n) is 14.8. The van der Waals surface area contributed by atoms with Crippen LogP contribution >= 0.6 is 12.4 Å². The molecule has 2 atom stereocenters. The maximum atomic E-state index is 13.9. The van der Waals surface area contributed by atoms with Crippen LogP contribution in [0, 0.1) is 23.5 Å². The Bertz CT molecular complexity index is 765. The number of benzene rings is 1. The second-order valence-corrected chi connectivity index (χ2v) is 8.69. The Kier molecular flexibility index (Phi) is 7.18. The smallest absolute Gasteiger partial charge is 0.249 e. The molecule has 1 amide bonds. The van der Waals surface area contributed by atoms with Crippen LogP contribution in [0.1, 0.15) is 19.3 Å². The van der Waals surface area contributed by atoms with Crippen LogP contribution in [-0.2, 0) is 14.8 Å². The van der Waals surface area contributed by atoms with E-state index in [1.54, 1.807) is 4.90 Å². The zero-order valence-corrected chi connectivity index (χ0v) is 16.4. The average Bonchev–Trinajstić information content (AvgIpc) is 3.09. The fourth-order valence-electron chi connectivity index (χ4n) is 3.89. The van der Waals surface area contributed by atoms with E-state index in [0.717, 1.165) is 41.8 Å². The Balaban J connectivity index is 0.00000261. The van der Waals surface area contributed by atoms with Gasteiger partial charge in [0.15, 0.2) is 4.90 Å². The Morgan fingerprint density at radius 3 is 2.26 bits per heavy atom. The summed E-state index contributed by atoms with van der Waals surface area (Å²) in [5, 5.41) is 0. The molecule has 152 valence electrons. The second-order valence-electron chi connectivity index (χ2n) is 6.81. The topological polar surface area (TPSA) is 83.7 Å². The first-order valence-corrected chi connectivity index (χ1v) is 10.2. The molecule has 6 nitrogen and oxygen atoms in total. The predicted octanol–water partition coefficient (Wildman–Crippen LogP) is 1.59. The summed E-state index contributed by atoms with van der Waals surface area (Å²) in [5.74, 6) is -2.14. The van der Waals surface area contributed by atoms with Crippen molar-refractivity contribution in [2.45, 2.75) is 24.2 Å². The minimum Gasteiger partial charge on any atom is -0.340 e. The Morgan fingerprint density at radius 1 is 1.11 bits per heavy atom. The van der Waals surface area contributed by atoms with Gasteiger partial charge in [-0.25, -0.2) is 17.2 Å². The molecule has 1 aromatic rings. The van der Waals surface area contributed by atoms with Crippen LogP contribution in [0.3, 0.4) is 0 Å².